The monoisotopic (exact) mass is 243 g/mol. The van der Waals surface area contributed by atoms with Gasteiger partial charge >= 0.3 is 5.97 Å². The number of carbonyl (C=O) groups is 1. The molecule has 16 heavy (non-hydrogen) atoms. The molecule has 1 aromatic heterocycles. The number of thioether (sulfide) groups is 1. The third kappa shape index (κ3) is 5.75. The summed E-state index contributed by atoms with van der Waals surface area (Å²) in [6.45, 7) is 2.68. The van der Waals surface area contributed by atoms with Gasteiger partial charge in [0, 0.05) is 0 Å². The van der Waals surface area contributed by atoms with Crippen molar-refractivity contribution in [2.24, 2.45) is 0 Å². The summed E-state index contributed by atoms with van der Waals surface area (Å²) in [6, 6.07) is 0. The third-order valence-electron chi connectivity index (χ3n) is 1.99. The van der Waals surface area contributed by atoms with Crippen LogP contribution in [0.3, 0.4) is 0 Å². The van der Waals surface area contributed by atoms with E-state index in [4.69, 9.17) is 4.74 Å². The van der Waals surface area contributed by atoms with E-state index in [1.807, 2.05) is 0 Å². The second kappa shape index (κ2) is 8.15. The average Bonchev–Trinajstić information content (AvgIpc) is 2.79. The summed E-state index contributed by atoms with van der Waals surface area (Å²) < 4.78 is 5.07. The second-order valence-electron chi connectivity index (χ2n) is 3.38. The summed E-state index contributed by atoms with van der Waals surface area (Å²) in [5, 5.41) is 10.7. The minimum Gasteiger partial charge on any atom is -0.465 e. The molecule has 0 aromatic carbocycles. The van der Waals surface area contributed by atoms with Gasteiger partial charge in [-0.3, -0.25) is 4.79 Å². The molecule has 0 amide bonds. The van der Waals surface area contributed by atoms with Crippen molar-refractivity contribution >= 4 is 17.7 Å². The van der Waals surface area contributed by atoms with E-state index in [-0.39, 0.29) is 5.97 Å². The molecule has 0 atom stereocenters. The summed E-state index contributed by atoms with van der Waals surface area (Å²) in [7, 11) is 0. The molecule has 0 aliphatic heterocycles. The van der Waals surface area contributed by atoms with Crippen LogP contribution in [-0.4, -0.2) is 33.7 Å². The average molecular weight is 243 g/mol. The van der Waals surface area contributed by atoms with Crippen molar-refractivity contribution in [1.82, 2.24) is 15.4 Å². The van der Waals surface area contributed by atoms with Crippen molar-refractivity contribution in [3.63, 3.8) is 0 Å². The highest BCUT2D eigenvalue weighted by Gasteiger charge is 2.05. The highest BCUT2D eigenvalue weighted by Crippen LogP contribution is 2.12. The van der Waals surface area contributed by atoms with Crippen LogP contribution in [0, 0.1) is 0 Å². The van der Waals surface area contributed by atoms with Crippen molar-refractivity contribution in [2.45, 2.75) is 37.6 Å². The van der Waals surface area contributed by atoms with Crippen LogP contribution in [-0.2, 0) is 9.53 Å². The normalized spacial score (nSPS) is 10.3. The molecule has 0 aliphatic carbocycles. The number of H-pyrrole nitrogens is 1. The second-order valence-corrected chi connectivity index (χ2v) is 4.37. The number of esters is 1. The minimum atomic E-state index is -0.190. The van der Waals surface area contributed by atoms with Crippen LogP contribution in [0.1, 0.15) is 32.6 Å². The Morgan fingerprint density at radius 3 is 3.06 bits per heavy atom. The zero-order valence-electron chi connectivity index (χ0n) is 9.44. The number of hydrogen-bond acceptors (Lipinski definition) is 5. The van der Waals surface area contributed by atoms with E-state index in [0.29, 0.717) is 17.4 Å². The van der Waals surface area contributed by atoms with Crippen LogP contribution in [0.25, 0.3) is 0 Å². The van der Waals surface area contributed by atoms with Gasteiger partial charge in [-0.25, -0.2) is 0 Å². The predicted molar refractivity (Wildman–Crippen MR) is 62.2 cm³/mol. The quantitative estimate of drug-likeness (QED) is 0.430. The SMILES string of the molecule is CCCCCCOC(=O)CSc1cn[nH]n1. The van der Waals surface area contributed by atoms with E-state index in [0.717, 1.165) is 12.8 Å². The molecule has 0 radical (unpaired) electrons. The number of nitrogens with one attached hydrogen (secondary N) is 1. The van der Waals surface area contributed by atoms with Crippen molar-refractivity contribution in [1.29, 1.82) is 0 Å². The standard InChI is InChI=1S/C10H17N3O2S/c1-2-3-4-5-6-15-10(14)8-16-9-7-11-13-12-9/h7H,2-6,8H2,1H3,(H,11,12,13). The lowest BCUT2D eigenvalue weighted by Crippen LogP contribution is -2.08. The number of carbonyl (C=O) groups excluding carboxylic acids is 1. The van der Waals surface area contributed by atoms with Gasteiger partial charge in [-0.15, -0.1) is 5.10 Å². The molecule has 1 heterocycles. The molecule has 0 spiro atoms. The first kappa shape index (κ1) is 13.0. The van der Waals surface area contributed by atoms with E-state index >= 15 is 0 Å². The van der Waals surface area contributed by atoms with E-state index in [1.165, 1.54) is 24.6 Å². The number of unbranched alkanes of at least 4 members (excludes halogenated alkanes) is 3. The van der Waals surface area contributed by atoms with Gasteiger partial charge in [0.05, 0.1) is 18.6 Å². The van der Waals surface area contributed by atoms with Gasteiger partial charge in [0.2, 0.25) is 0 Å². The summed E-state index contributed by atoms with van der Waals surface area (Å²) in [4.78, 5) is 11.3. The van der Waals surface area contributed by atoms with Gasteiger partial charge < -0.3 is 4.74 Å². The number of aromatic nitrogens is 3. The number of rotatable bonds is 8. The maximum Gasteiger partial charge on any atom is 0.316 e. The molecule has 5 nitrogen and oxygen atoms in total. The zero-order valence-corrected chi connectivity index (χ0v) is 10.3. The van der Waals surface area contributed by atoms with Crippen molar-refractivity contribution in [3.05, 3.63) is 6.20 Å². The van der Waals surface area contributed by atoms with E-state index in [9.17, 15) is 4.79 Å². The molecule has 1 rings (SSSR count). The molecule has 0 saturated carbocycles. The number of hydrogen-bond donors (Lipinski definition) is 1. The maximum absolute atomic E-state index is 11.3. The Morgan fingerprint density at radius 2 is 2.38 bits per heavy atom. The van der Waals surface area contributed by atoms with E-state index < -0.39 is 0 Å². The van der Waals surface area contributed by atoms with Gasteiger partial charge in [0.15, 0.2) is 0 Å². The fourth-order valence-corrected chi connectivity index (χ4v) is 1.73. The molecule has 0 aliphatic rings. The lowest BCUT2D eigenvalue weighted by molar-refractivity contribution is -0.140. The largest absolute Gasteiger partial charge is 0.465 e. The number of aromatic amines is 1. The fourth-order valence-electron chi connectivity index (χ4n) is 1.15. The number of ether oxygens (including phenoxy) is 1. The molecule has 90 valence electrons. The van der Waals surface area contributed by atoms with Crippen LogP contribution >= 0.6 is 11.8 Å². The Hall–Kier alpha value is -1.04. The van der Waals surface area contributed by atoms with Gasteiger partial charge in [-0.2, -0.15) is 10.3 Å². The number of nitrogens with zero attached hydrogens (tertiary/aromatic N) is 2. The first-order chi connectivity index (χ1) is 7.83. The highest BCUT2D eigenvalue weighted by atomic mass is 32.2. The maximum atomic E-state index is 11.3. The molecule has 0 bridgehead atoms. The first-order valence-corrected chi connectivity index (χ1v) is 6.45. The Kier molecular flexibility index (Phi) is 6.64. The lowest BCUT2D eigenvalue weighted by atomic mass is 10.2. The molecular weight excluding hydrogens is 226 g/mol. The Labute approximate surface area is 99.3 Å². The van der Waals surface area contributed by atoms with Crippen LogP contribution in [0.2, 0.25) is 0 Å². The molecule has 0 unspecified atom stereocenters. The summed E-state index contributed by atoms with van der Waals surface area (Å²) in [5.74, 6) is 0.102. The fraction of sp³-hybridized carbons (Fsp3) is 0.700. The van der Waals surface area contributed by atoms with Crippen LogP contribution in [0.15, 0.2) is 11.2 Å². The Balaban J connectivity index is 1.99. The Bertz CT molecular complexity index is 290. The Morgan fingerprint density at radius 1 is 1.50 bits per heavy atom. The minimum absolute atomic E-state index is 0.190. The summed E-state index contributed by atoms with van der Waals surface area (Å²) in [5.41, 5.74) is 0. The molecule has 1 aromatic rings. The zero-order chi connectivity index (χ0) is 11.6. The van der Waals surface area contributed by atoms with Crippen molar-refractivity contribution in [2.75, 3.05) is 12.4 Å². The van der Waals surface area contributed by atoms with Crippen LogP contribution in [0.5, 0.6) is 0 Å². The van der Waals surface area contributed by atoms with Gasteiger partial charge in [-0.05, 0) is 6.42 Å². The summed E-state index contributed by atoms with van der Waals surface area (Å²) >= 11 is 1.32. The molecule has 0 saturated heterocycles. The van der Waals surface area contributed by atoms with Crippen LogP contribution < -0.4 is 0 Å². The van der Waals surface area contributed by atoms with Gasteiger partial charge in [0.1, 0.15) is 5.03 Å². The van der Waals surface area contributed by atoms with Gasteiger partial charge in [0.25, 0.3) is 0 Å². The molecule has 0 fully saturated rings. The highest BCUT2D eigenvalue weighted by molar-refractivity contribution is 7.99. The molecular formula is C10H17N3O2S. The first-order valence-electron chi connectivity index (χ1n) is 5.47. The van der Waals surface area contributed by atoms with E-state index in [1.54, 1.807) is 6.20 Å². The molecule has 1 N–H and O–H groups in total. The topological polar surface area (TPSA) is 67.9 Å². The van der Waals surface area contributed by atoms with Crippen molar-refractivity contribution in [3.8, 4) is 0 Å². The van der Waals surface area contributed by atoms with Gasteiger partial charge in [-0.1, -0.05) is 37.9 Å². The van der Waals surface area contributed by atoms with Crippen LogP contribution in [0.4, 0.5) is 0 Å². The third-order valence-corrected chi connectivity index (χ3v) is 2.86. The predicted octanol–water partition coefficient (Wildman–Crippen LogP) is 2.02. The smallest absolute Gasteiger partial charge is 0.316 e. The molecule has 6 heteroatoms. The van der Waals surface area contributed by atoms with E-state index in [2.05, 4.69) is 22.3 Å². The lowest BCUT2D eigenvalue weighted by Gasteiger charge is -2.03. The van der Waals surface area contributed by atoms with Crippen molar-refractivity contribution < 1.29 is 9.53 Å². The summed E-state index contributed by atoms with van der Waals surface area (Å²) in [6.07, 6.45) is 6.05.